The third kappa shape index (κ3) is 3.06. The molecule has 1 aliphatic carbocycles. The summed E-state index contributed by atoms with van der Waals surface area (Å²) in [6.45, 7) is 4.46. The monoisotopic (exact) mass is 286 g/mol. The highest BCUT2D eigenvalue weighted by Gasteiger charge is 2.19. The van der Waals surface area contributed by atoms with Crippen molar-refractivity contribution in [2.24, 2.45) is 5.92 Å². The smallest absolute Gasteiger partial charge is 0.223 e. The number of nitrogens with one attached hydrogen (secondary N) is 1. The first-order valence-electron chi connectivity index (χ1n) is 7.74. The maximum absolute atomic E-state index is 11.4. The number of aryl methyl sites for hydroxylation is 1. The van der Waals surface area contributed by atoms with E-state index in [2.05, 4.69) is 25.9 Å². The lowest BCUT2D eigenvalue weighted by Gasteiger charge is -2.23. The number of nitrogens with zero attached hydrogens (tertiary/aromatic N) is 3. The molecule has 0 bridgehead atoms. The number of anilines is 1. The lowest BCUT2D eigenvalue weighted by molar-refractivity contribution is -0.114. The second-order valence-corrected chi connectivity index (χ2v) is 6.09. The highest BCUT2D eigenvalue weighted by Crippen LogP contribution is 2.28. The maximum Gasteiger partial charge on any atom is 0.223 e. The predicted molar refractivity (Wildman–Crippen MR) is 83.1 cm³/mol. The van der Waals surface area contributed by atoms with E-state index in [4.69, 9.17) is 0 Å². The summed E-state index contributed by atoms with van der Waals surface area (Å²) in [6.07, 6.45) is 8.31. The molecular weight excluding hydrogens is 264 g/mol. The Kier molecular flexibility index (Phi) is 3.90. The van der Waals surface area contributed by atoms with E-state index >= 15 is 0 Å². The molecule has 0 saturated heterocycles. The molecule has 2 aromatic heterocycles. The number of carbonyl (C=O) groups is 1. The fourth-order valence-corrected chi connectivity index (χ4v) is 3.17. The number of hydrogen-bond acceptors (Lipinski definition) is 3. The number of aromatic nitrogens is 3. The molecule has 1 N–H and O–H groups in total. The SMILES string of the molecule is CC(=O)Nc1nc2ncc(C)cc2n1CC1CCCCC1. The van der Waals surface area contributed by atoms with Crippen LogP contribution in [0.15, 0.2) is 12.3 Å². The van der Waals surface area contributed by atoms with Gasteiger partial charge in [0.25, 0.3) is 0 Å². The molecule has 1 aliphatic rings. The number of imidazole rings is 1. The van der Waals surface area contributed by atoms with Crippen LogP contribution in [-0.4, -0.2) is 20.4 Å². The summed E-state index contributed by atoms with van der Waals surface area (Å²) < 4.78 is 2.13. The number of rotatable bonds is 3. The molecule has 2 aromatic rings. The van der Waals surface area contributed by atoms with Gasteiger partial charge in [0.15, 0.2) is 5.65 Å². The first-order chi connectivity index (χ1) is 10.1. The minimum absolute atomic E-state index is 0.0908. The first-order valence-corrected chi connectivity index (χ1v) is 7.74. The molecule has 0 aromatic carbocycles. The number of fused-ring (bicyclic) bond motifs is 1. The van der Waals surface area contributed by atoms with E-state index in [0.717, 1.165) is 17.6 Å². The maximum atomic E-state index is 11.4. The van der Waals surface area contributed by atoms with Crippen LogP contribution in [0.3, 0.4) is 0 Å². The van der Waals surface area contributed by atoms with Gasteiger partial charge in [0.2, 0.25) is 11.9 Å². The van der Waals surface area contributed by atoms with Crippen LogP contribution in [0.25, 0.3) is 11.2 Å². The highest BCUT2D eigenvalue weighted by molar-refractivity contribution is 5.89. The summed E-state index contributed by atoms with van der Waals surface area (Å²) in [6, 6.07) is 2.10. The molecule has 0 radical (unpaired) electrons. The third-order valence-electron chi connectivity index (χ3n) is 4.20. The second kappa shape index (κ2) is 5.84. The highest BCUT2D eigenvalue weighted by atomic mass is 16.1. The molecule has 1 amide bonds. The van der Waals surface area contributed by atoms with E-state index in [-0.39, 0.29) is 5.91 Å². The summed E-state index contributed by atoms with van der Waals surface area (Å²) in [7, 11) is 0. The van der Waals surface area contributed by atoms with Gasteiger partial charge in [-0.1, -0.05) is 19.3 Å². The molecule has 0 aliphatic heterocycles. The lowest BCUT2D eigenvalue weighted by atomic mass is 9.89. The summed E-state index contributed by atoms with van der Waals surface area (Å²) in [5.74, 6) is 1.21. The van der Waals surface area contributed by atoms with Crippen molar-refractivity contribution < 1.29 is 4.79 Å². The van der Waals surface area contributed by atoms with E-state index in [0.29, 0.717) is 17.5 Å². The molecule has 0 unspecified atom stereocenters. The molecular formula is C16H22N4O. The van der Waals surface area contributed by atoms with Crippen LogP contribution in [0.1, 0.15) is 44.6 Å². The Bertz CT molecular complexity index is 656. The summed E-state index contributed by atoms with van der Waals surface area (Å²) in [5, 5.41) is 2.84. The van der Waals surface area contributed by atoms with Gasteiger partial charge in [-0.2, -0.15) is 4.98 Å². The second-order valence-electron chi connectivity index (χ2n) is 6.09. The quantitative estimate of drug-likeness (QED) is 0.942. The van der Waals surface area contributed by atoms with E-state index < -0.39 is 0 Å². The van der Waals surface area contributed by atoms with E-state index in [9.17, 15) is 4.79 Å². The molecule has 112 valence electrons. The zero-order valence-electron chi connectivity index (χ0n) is 12.7. The number of carbonyl (C=O) groups excluding carboxylic acids is 1. The fourth-order valence-electron chi connectivity index (χ4n) is 3.17. The number of pyridine rings is 1. The molecule has 3 rings (SSSR count). The molecule has 1 saturated carbocycles. The summed E-state index contributed by atoms with van der Waals surface area (Å²) >= 11 is 0. The van der Waals surface area contributed by atoms with Crippen LogP contribution < -0.4 is 5.32 Å². The van der Waals surface area contributed by atoms with Gasteiger partial charge in [-0.25, -0.2) is 4.98 Å². The Morgan fingerprint density at radius 2 is 2.14 bits per heavy atom. The Morgan fingerprint density at radius 3 is 2.86 bits per heavy atom. The van der Waals surface area contributed by atoms with Gasteiger partial charge in [0, 0.05) is 19.7 Å². The predicted octanol–water partition coefficient (Wildman–Crippen LogP) is 3.28. The largest absolute Gasteiger partial charge is 0.308 e. The molecule has 0 atom stereocenters. The van der Waals surface area contributed by atoms with Gasteiger partial charge >= 0.3 is 0 Å². The van der Waals surface area contributed by atoms with Crippen molar-refractivity contribution in [1.82, 2.24) is 14.5 Å². The Balaban J connectivity index is 1.98. The zero-order chi connectivity index (χ0) is 14.8. The van der Waals surface area contributed by atoms with Crippen molar-refractivity contribution in [3.8, 4) is 0 Å². The first kappa shape index (κ1) is 14.0. The Morgan fingerprint density at radius 1 is 1.38 bits per heavy atom. The van der Waals surface area contributed by atoms with E-state index in [1.165, 1.54) is 39.0 Å². The van der Waals surface area contributed by atoms with Gasteiger partial charge in [-0.15, -0.1) is 0 Å². The number of amides is 1. The van der Waals surface area contributed by atoms with Crippen LogP contribution in [0, 0.1) is 12.8 Å². The van der Waals surface area contributed by atoms with Crippen LogP contribution in [-0.2, 0) is 11.3 Å². The standard InChI is InChI=1S/C16H22N4O/c1-11-8-14-15(17-9-11)19-16(18-12(2)21)20(14)10-13-6-4-3-5-7-13/h8-9,13H,3-7,10H2,1-2H3,(H,17,18,19,21). The van der Waals surface area contributed by atoms with Crippen molar-refractivity contribution >= 4 is 23.0 Å². The van der Waals surface area contributed by atoms with Crippen molar-refractivity contribution in [3.63, 3.8) is 0 Å². The van der Waals surface area contributed by atoms with Crippen LogP contribution in [0.5, 0.6) is 0 Å². The summed E-state index contributed by atoms with van der Waals surface area (Å²) in [5.41, 5.74) is 2.84. The van der Waals surface area contributed by atoms with Crippen LogP contribution in [0.4, 0.5) is 5.95 Å². The van der Waals surface area contributed by atoms with Crippen molar-refractivity contribution in [2.75, 3.05) is 5.32 Å². The van der Waals surface area contributed by atoms with Crippen LogP contribution in [0.2, 0.25) is 0 Å². The molecule has 1 fully saturated rings. The zero-order valence-corrected chi connectivity index (χ0v) is 12.7. The Hall–Kier alpha value is -1.91. The molecule has 21 heavy (non-hydrogen) atoms. The average Bonchev–Trinajstić information content (AvgIpc) is 2.77. The van der Waals surface area contributed by atoms with Crippen LogP contribution >= 0.6 is 0 Å². The minimum atomic E-state index is -0.0908. The van der Waals surface area contributed by atoms with E-state index in [1.807, 2.05) is 13.1 Å². The molecule has 5 heteroatoms. The lowest BCUT2D eigenvalue weighted by Crippen LogP contribution is -2.18. The third-order valence-corrected chi connectivity index (χ3v) is 4.20. The average molecular weight is 286 g/mol. The van der Waals surface area contributed by atoms with Crippen molar-refractivity contribution in [3.05, 3.63) is 17.8 Å². The molecule has 0 spiro atoms. The normalized spacial score (nSPS) is 16.3. The minimum Gasteiger partial charge on any atom is -0.308 e. The molecule has 5 nitrogen and oxygen atoms in total. The van der Waals surface area contributed by atoms with Crippen molar-refractivity contribution in [2.45, 2.75) is 52.5 Å². The van der Waals surface area contributed by atoms with Gasteiger partial charge in [0.1, 0.15) is 0 Å². The van der Waals surface area contributed by atoms with Gasteiger partial charge in [0.05, 0.1) is 5.52 Å². The Labute approximate surface area is 124 Å². The van der Waals surface area contributed by atoms with Gasteiger partial charge in [-0.3, -0.25) is 10.1 Å². The van der Waals surface area contributed by atoms with E-state index in [1.54, 1.807) is 0 Å². The van der Waals surface area contributed by atoms with Gasteiger partial charge < -0.3 is 4.57 Å². The topological polar surface area (TPSA) is 59.8 Å². The molecule has 2 heterocycles. The van der Waals surface area contributed by atoms with Crippen molar-refractivity contribution in [1.29, 1.82) is 0 Å². The summed E-state index contributed by atoms with van der Waals surface area (Å²) in [4.78, 5) is 20.3. The number of hydrogen-bond donors (Lipinski definition) is 1. The van der Waals surface area contributed by atoms with Gasteiger partial charge in [-0.05, 0) is 37.3 Å². The fraction of sp³-hybridized carbons (Fsp3) is 0.562.